The van der Waals surface area contributed by atoms with E-state index in [4.69, 9.17) is 0 Å². The summed E-state index contributed by atoms with van der Waals surface area (Å²) in [6.07, 6.45) is 6.04. The first kappa shape index (κ1) is 20.4. The number of likely N-dealkylation sites (tertiary alicyclic amines) is 1. The molecule has 154 valence electrons. The van der Waals surface area contributed by atoms with Gasteiger partial charge in [0.15, 0.2) is 5.96 Å². The number of likely N-dealkylation sites (N-methyl/N-ethyl adjacent to an activating group) is 1. The number of hydrogen-bond acceptors (Lipinski definition) is 4. The molecule has 0 aromatic carbocycles. The molecule has 0 aromatic rings. The van der Waals surface area contributed by atoms with Crippen LogP contribution in [0.1, 0.15) is 26.7 Å². The Labute approximate surface area is 166 Å². The minimum atomic E-state index is -0.161. The van der Waals surface area contributed by atoms with E-state index >= 15 is 0 Å². The number of allylic oxidation sites excluding steroid dienone is 2. The number of amides is 3. The quantitative estimate of drug-likeness (QED) is 0.281. The molecule has 0 spiro atoms. The van der Waals surface area contributed by atoms with Gasteiger partial charge in [-0.15, -0.1) is 0 Å². The average molecular weight is 390 g/mol. The largest absolute Gasteiger partial charge is 0.355 e. The van der Waals surface area contributed by atoms with Crippen LogP contribution < -0.4 is 10.6 Å². The molecule has 3 aliphatic rings. The Morgan fingerprint density at radius 3 is 2.39 bits per heavy atom. The second-order valence-electron chi connectivity index (χ2n) is 8.16. The molecule has 1 aliphatic heterocycles. The average Bonchev–Trinajstić information content (AvgIpc) is 3.34. The zero-order chi connectivity index (χ0) is 20.4. The summed E-state index contributed by atoms with van der Waals surface area (Å²) in [6.45, 7) is 4.84. The molecule has 2 aliphatic carbocycles. The third-order valence-electron chi connectivity index (χ3n) is 6.06. The zero-order valence-corrected chi connectivity index (χ0v) is 17.1. The van der Waals surface area contributed by atoms with Crippen molar-refractivity contribution >= 4 is 23.7 Å². The molecule has 2 N–H and O–H groups in total. The fraction of sp³-hybridized carbons (Fsp3) is 0.700. The lowest BCUT2D eigenvalue weighted by molar-refractivity contribution is -0.140. The van der Waals surface area contributed by atoms with E-state index in [-0.39, 0.29) is 54.0 Å². The molecule has 5 unspecified atom stereocenters. The van der Waals surface area contributed by atoms with Crippen LogP contribution in [0.3, 0.4) is 0 Å². The Bertz CT molecular complexity index is 672. The van der Waals surface area contributed by atoms with Crippen LogP contribution in [0.2, 0.25) is 0 Å². The van der Waals surface area contributed by atoms with E-state index in [0.29, 0.717) is 19.0 Å². The van der Waals surface area contributed by atoms with Crippen molar-refractivity contribution in [1.82, 2.24) is 20.4 Å². The summed E-state index contributed by atoms with van der Waals surface area (Å²) in [6, 6.07) is 0.191. The van der Waals surface area contributed by atoms with Gasteiger partial charge in [0.25, 0.3) is 0 Å². The van der Waals surface area contributed by atoms with Gasteiger partial charge in [0.05, 0.1) is 11.8 Å². The highest BCUT2D eigenvalue weighted by molar-refractivity contribution is 6.06. The van der Waals surface area contributed by atoms with E-state index in [1.54, 1.807) is 14.1 Å². The first-order chi connectivity index (χ1) is 13.3. The monoisotopic (exact) mass is 389 g/mol. The standard InChI is InChI=1S/C20H31N5O3/c1-5-12(2)23-20(22-11-15(26)24(3)4)21-8-9-25-18(27)16-13-6-7-14(10-13)17(16)19(25)28/h6-7,12-14,16-17H,5,8-11H2,1-4H3,(H2,21,22,23). The molecule has 8 heteroatoms. The number of aliphatic imine (C=N–C) groups is 1. The molecule has 8 nitrogen and oxygen atoms in total. The van der Waals surface area contributed by atoms with E-state index in [0.717, 1.165) is 12.8 Å². The number of nitrogens with zero attached hydrogens (tertiary/aromatic N) is 3. The normalized spacial score (nSPS) is 29.3. The van der Waals surface area contributed by atoms with Crippen molar-refractivity contribution in [3.05, 3.63) is 12.2 Å². The first-order valence-electron chi connectivity index (χ1n) is 10.1. The van der Waals surface area contributed by atoms with Gasteiger partial charge in [-0.1, -0.05) is 19.1 Å². The molecule has 5 atom stereocenters. The van der Waals surface area contributed by atoms with E-state index in [2.05, 4.69) is 34.7 Å². The highest BCUT2D eigenvalue weighted by Gasteiger charge is 2.58. The Hall–Kier alpha value is -2.38. The fourth-order valence-corrected chi connectivity index (χ4v) is 4.25. The van der Waals surface area contributed by atoms with Gasteiger partial charge in [0.1, 0.15) is 6.54 Å². The van der Waals surface area contributed by atoms with E-state index in [1.165, 1.54) is 9.80 Å². The van der Waals surface area contributed by atoms with Crippen molar-refractivity contribution in [3.63, 3.8) is 0 Å². The maximum absolute atomic E-state index is 12.7. The highest BCUT2D eigenvalue weighted by Crippen LogP contribution is 2.52. The SMILES string of the molecule is CCC(C)NC(=NCC(=O)N(C)C)NCCN1C(=O)C2C3C=CC(C3)C2C1=O. The predicted molar refractivity (Wildman–Crippen MR) is 106 cm³/mol. The Kier molecular flexibility index (Phi) is 6.05. The molecule has 1 saturated carbocycles. The number of carbonyl (C=O) groups is 3. The third kappa shape index (κ3) is 3.91. The summed E-state index contributed by atoms with van der Waals surface area (Å²) in [5.74, 6) is 0.487. The maximum atomic E-state index is 12.7. The molecule has 0 radical (unpaired) electrons. The van der Waals surface area contributed by atoms with E-state index in [9.17, 15) is 14.4 Å². The minimum absolute atomic E-state index is 0.0372. The number of fused-ring (bicyclic) bond motifs is 5. The lowest BCUT2D eigenvalue weighted by atomic mass is 9.85. The molecule has 1 saturated heterocycles. The van der Waals surface area contributed by atoms with Gasteiger partial charge in [-0.05, 0) is 31.6 Å². The number of nitrogens with one attached hydrogen (secondary N) is 2. The second-order valence-corrected chi connectivity index (χ2v) is 8.16. The second kappa shape index (κ2) is 8.32. The lowest BCUT2D eigenvalue weighted by Gasteiger charge is -2.20. The van der Waals surface area contributed by atoms with Gasteiger partial charge in [0, 0.05) is 33.2 Å². The van der Waals surface area contributed by atoms with Crippen molar-refractivity contribution in [2.45, 2.75) is 32.7 Å². The molecule has 2 bridgehead atoms. The van der Waals surface area contributed by atoms with Crippen LogP contribution in [0.15, 0.2) is 17.1 Å². The first-order valence-corrected chi connectivity index (χ1v) is 10.1. The summed E-state index contributed by atoms with van der Waals surface area (Å²) in [5.41, 5.74) is 0. The number of imide groups is 1. The molecule has 2 fully saturated rings. The molecular weight excluding hydrogens is 358 g/mol. The summed E-state index contributed by atoms with van der Waals surface area (Å²) < 4.78 is 0. The van der Waals surface area contributed by atoms with Crippen LogP contribution in [0.4, 0.5) is 0 Å². The van der Waals surface area contributed by atoms with Crippen LogP contribution >= 0.6 is 0 Å². The van der Waals surface area contributed by atoms with Crippen LogP contribution in [0.25, 0.3) is 0 Å². The fourth-order valence-electron chi connectivity index (χ4n) is 4.25. The van der Waals surface area contributed by atoms with Gasteiger partial charge < -0.3 is 15.5 Å². The zero-order valence-electron chi connectivity index (χ0n) is 17.1. The smallest absolute Gasteiger partial charge is 0.243 e. The molecule has 0 aromatic heterocycles. The maximum Gasteiger partial charge on any atom is 0.243 e. The topological polar surface area (TPSA) is 94.1 Å². The van der Waals surface area contributed by atoms with Crippen molar-refractivity contribution in [2.24, 2.45) is 28.7 Å². The number of guanidine groups is 1. The molecule has 1 heterocycles. The van der Waals surface area contributed by atoms with Crippen molar-refractivity contribution in [1.29, 1.82) is 0 Å². The highest BCUT2D eigenvalue weighted by atomic mass is 16.2. The van der Waals surface area contributed by atoms with Crippen LogP contribution in [0.5, 0.6) is 0 Å². The van der Waals surface area contributed by atoms with Crippen LogP contribution in [-0.4, -0.2) is 73.3 Å². The number of hydrogen-bond donors (Lipinski definition) is 2. The van der Waals surface area contributed by atoms with Crippen LogP contribution in [0, 0.1) is 23.7 Å². The third-order valence-corrected chi connectivity index (χ3v) is 6.06. The van der Waals surface area contributed by atoms with Gasteiger partial charge in [-0.3, -0.25) is 19.3 Å². The van der Waals surface area contributed by atoms with Gasteiger partial charge in [0.2, 0.25) is 17.7 Å². The minimum Gasteiger partial charge on any atom is -0.355 e. The van der Waals surface area contributed by atoms with Crippen LogP contribution in [-0.2, 0) is 14.4 Å². The van der Waals surface area contributed by atoms with Gasteiger partial charge in [-0.2, -0.15) is 0 Å². The summed E-state index contributed by atoms with van der Waals surface area (Å²) >= 11 is 0. The number of carbonyl (C=O) groups excluding carboxylic acids is 3. The van der Waals surface area contributed by atoms with Crippen molar-refractivity contribution in [2.75, 3.05) is 33.7 Å². The molecule has 3 rings (SSSR count). The Morgan fingerprint density at radius 1 is 1.25 bits per heavy atom. The summed E-state index contributed by atoms with van der Waals surface area (Å²) in [4.78, 5) is 44.5. The summed E-state index contributed by atoms with van der Waals surface area (Å²) in [7, 11) is 3.38. The number of rotatable bonds is 7. The van der Waals surface area contributed by atoms with Gasteiger partial charge in [-0.25, -0.2) is 4.99 Å². The van der Waals surface area contributed by atoms with Gasteiger partial charge >= 0.3 is 0 Å². The van der Waals surface area contributed by atoms with Crippen molar-refractivity contribution < 1.29 is 14.4 Å². The molecule has 3 amide bonds. The lowest BCUT2D eigenvalue weighted by Crippen LogP contribution is -2.46. The Morgan fingerprint density at radius 2 is 1.86 bits per heavy atom. The Balaban J connectivity index is 1.56. The predicted octanol–water partition coefficient (Wildman–Crippen LogP) is 0.215. The van der Waals surface area contributed by atoms with E-state index < -0.39 is 0 Å². The molecule has 28 heavy (non-hydrogen) atoms. The van der Waals surface area contributed by atoms with E-state index in [1.807, 2.05) is 6.92 Å². The van der Waals surface area contributed by atoms with Crippen molar-refractivity contribution in [3.8, 4) is 0 Å². The summed E-state index contributed by atoms with van der Waals surface area (Å²) in [5, 5.41) is 6.40. The molecular formula is C20H31N5O3.